The molecule has 0 aliphatic heterocycles. The molecule has 4 heteroatoms. The topological polar surface area (TPSA) is 60.4 Å². The Bertz CT molecular complexity index is 662. The fourth-order valence-electron chi connectivity index (χ4n) is 2.04. The third-order valence-corrected chi connectivity index (χ3v) is 3.00. The molecule has 102 valence electrons. The van der Waals surface area contributed by atoms with Crippen molar-refractivity contribution in [1.82, 2.24) is 4.90 Å². The van der Waals surface area contributed by atoms with Gasteiger partial charge in [-0.2, -0.15) is 0 Å². The predicted molar refractivity (Wildman–Crippen MR) is 74.2 cm³/mol. The van der Waals surface area contributed by atoms with Crippen LogP contribution >= 0.6 is 0 Å². The standard InChI is InChI=1S/C16H15NO3/c1-17(2)15(18)13-9-5-3-7-11(13)12-8-4-6-10-14(12)16(19)20/h3-10H,1-2H3,(H,19,20)/p-1. The monoisotopic (exact) mass is 268 g/mol. The van der Waals surface area contributed by atoms with E-state index in [4.69, 9.17) is 0 Å². The van der Waals surface area contributed by atoms with Gasteiger partial charge in [-0.05, 0) is 17.2 Å². The Labute approximate surface area is 117 Å². The van der Waals surface area contributed by atoms with Crippen molar-refractivity contribution in [3.8, 4) is 11.1 Å². The zero-order valence-electron chi connectivity index (χ0n) is 11.3. The molecule has 0 saturated carbocycles. The summed E-state index contributed by atoms with van der Waals surface area (Å²) in [6.45, 7) is 0. The van der Waals surface area contributed by atoms with E-state index in [1.165, 1.54) is 11.0 Å². The summed E-state index contributed by atoms with van der Waals surface area (Å²) in [7, 11) is 3.31. The molecule has 2 rings (SSSR count). The van der Waals surface area contributed by atoms with Gasteiger partial charge in [0, 0.05) is 25.2 Å². The zero-order valence-corrected chi connectivity index (χ0v) is 11.3. The lowest BCUT2D eigenvalue weighted by Crippen LogP contribution is -2.24. The maximum atomic E-state index is 12.2. The highest BCUT2D eigenvalue weighted by molar-refractivity contribution is 6.04. The van der Waals surface area contributed by atoms with Crippen molar-refractivity contribution in [3.05, 3.63) is 59.7 Å². The highest BCUT2D eigenvalue weighted by Gasteiger charge is 2.16. The SMILES string of the molecule is CN(C)C(=O)c1ccccc1-c1ccccc1C(=O)[O-]. The summed E-state index contributed by atoms with van der Waals surface area (Å²) in [5, 5.41) is 11.2. The molecule has 0 heterocycles. The average molecular weight is 268 g/mol. The summed E-state index contributed by atoms with van der Waals surface area (Å²) in [5.74, 6) is -1.43. The molecule has 1 amide bonds. The number of rotatable bonds is 3. The molecule has 0 aromatic heterocycles. The van der Waals surface area contributed by atoms with Gasteiger partial charge in [-0.15, -0.1) is 0 Å². The number of hydrogen-bond donors (Lipinski definition) is 0. The van der Waals surface area contributed by atoms with Crippen molar-refractivity contribution in [3.63, 3.8) is 0 Å². The Morgan fingerprint density at radius 2 is 1.30 bits per heavy atom. The Morgan fingerprint density at radius 1 is 0.850 bits per heavy atom. The van der Waals surface area contributed by atoms with Crippen molar-refractivity contribution >= 4 is 11.9 Å². The van der Waals surface area contributed by atoms with Crippen molar-refractivity contribution in [1.29, 1.82) is 0 Å². The first-order valence-corrected chi connectivity index (χ1v) is 6.14. The first-order valence-electron chi connectivity index (χ1n) is 6.14. The number of aromatic carboxylic acids is 1. The van der Waals surface area contributed by atoms with E-state index >= 15 is 0 Å². The van der Waals surface area contributed by atoms with E-state index < -0.39 is 5.97 Å². The summed E-state index contributed by atoms with van der Waals surface area (Å²) in [6.07, 6.45) is 0. The van der Waals surface area contributed by atoms with Crippen LogP contribution in [0.2, 0.25) is 0 Å². The van der Waals surface area contributed by atoms with Crippen molar-refractivity contribution in [2.75, 3.05) is 14.1 Å². The molecule has 0 unspecified atom stereocenters. The largest absolute Gasteiger partial charge is 0.545 e. The van der Waals surface area contributed by atoms with Crippen LogP contribution < -0.4 is 5.11 Å². The third kappa shape index (κ3) is 2.54. The molecule has 4 nitrogen and oxygen atoms in total. The number of carbonyl (C=O) groups is 2. The number of hydrogen-bond acceptors (Lipinski definition) is 3. The number of carbonyl (C=O) groups excluding carboxylic acids is 2. The molecule has 2 aromatic carbocycles. The van der Waals surface area contributed by atoms with Gasteiger partial charge in [-0.25, -0.2) is 0 Å². The smallest absolute Gasteiger partial charge is 0.253 e. The molecule has 0 aliphatic carbocycles. The molecule has 20 heavy (non-hydrogen) atoms. The molecule has 2 aromatic rings. The highest BCUT2D eigenvalue weighted by atomic mass is 16.4. The number of nitrogens with zero attached hydrogens (tertiary/aromatic N) is 1. The van der Waals surface area contributed by atoms with E-state index in [0.29, 0.717) is 16.7 Å². The van der Waals surface area contributed by atoms with Gasteiger partial charge in [0.05, 0.1) is 5.97 Å². The first-order chi connectivity index (χ1) is 9.52. The van der Waals surface area contributed by atoms with E-state index in [2.05, 4.69) is 0 Å². The normalized spacial score (nSPS) is 10.1. The maximum Gasteiger partial charge on any atom is 0.253 e. The zero-order chi connectivity index (χ0) is 14.7. The van der Waals surface area contributed by atoms with Crippen molar-refractivity contribution in [2.45, 2.75) is 0 Å². The summed E-state index contributed by atoms with van der Waals surface area (Å²) < 4.78 is 0. The Hall–Kier alpha value is -2.62. The van der Waals surface area contributed by atoms with Crippen LogP contribution in [0.5, 0.6) is 0 Å². The van der Waals surface area contributed by atoms with Crippen LogP contribution in [0.25, 0.3) is 11.1 Å². The molecule has 0 aliphatic rings. The quantitative estimate of drug-likeness (QED) is 0.845. The van der Waals surface area contributed by atoms with Crippen LogP contribution in [0.1, 0.15) is 20.7 Å². The minimum atomic E-state index is -1.26. The number of carboxylic acid groups (broad SMARTS) is 1. The van der Waals surface area contributed by atoms with Gasteiger partial charge in [-0.3, -0.25) is 4.79 Å². The van der Waals surface area contributed by atoms with Gasteiger partial charge in [0.1, 0.15) is 0 Å². The van der Waals surface area contributed by atoms with Crippen LogP contribution in [0.15, 0.2) is 48.5 Å². The number of amides is 1. The van der Waals surface area contributed by atoms with Crippen LogP contribution in [0.4, 0.5) is 0 Å². The van der Waals surface area contributed by atoms with E-state index in [0.717, 1.165) is 0 Å². The van der Waals surface area contributed by atoms with Gasteiger partial charge >= 0.3 is 0 Å². The lowest BCUT2D eigenvalue weighted by Gasteiger charge is -2.16. The maximum absolute atomic E-state index is 12.2. The van der Waals surface area contributed by atoms with Crippen molar-refractivity contribution in [2.24, 2.45) is 0 Å². The third-order valence-electron chi connectivity index (χ3n) is 3.00. The second kappa shape index (κ2) is 5.57. The van der Waals surface area contributed by atoms with Gasteiger partial charge < -0.3 is 14.8 Å². The number of benzene rings is 2. The summed E-state index contributed by atoms with van der Waals surface area (Å²) in [6, 6.07) is 13.5. The van der Waals surface area contributed by atoms with Crippen molar-refractivity contribution < 1.29 is 14.7 Å². The Kier molecular flexibility index (Phi) is 3.84. The van der Waals surface area contributed by atoms with Crippen LogP contribution in [-0.4, -0.2) is 30.9 Å². The average Bonchev–Trinajstić information content (AvgIpc) is 2.46. The van der Waals surface area contributed by atoms with Gasteiger partial charge in [-0.1, -0.05) is 42.5 Å². The van der Waals surface area contributed by atoms with Gasteiger partial charge in [0.2, 0.25) is 0 Å². The summed E-state index contributed by atoms with van der Waals surface area (Å²) in [5.41, 5.74) is 1.61. The molecule has 0 fully saturated rings. The summed E-state index contributed by atoms with van der Waals surface area (Å²) in [4.78, 5) is 24.8. The van der Waals surface area contributed by atoms with Crippen LogP contribution in [0.3, 0.4) is 0 Å². The molecule has 0 saturated heterocycles. The molecule has 0 atom stereocenters. The molecular formula is C16H14NO3-. The molecular weight excluding hydrogens is 254 g/mol. The van der Waals surface area contributed by atoms with E-state index in [9.17, 15) is 14.7 Å². The second-order valence-electron chi connectivity index (χ2n) is 4.58. The predicted octanol–water partition coefficient (Wildman–Crippen LogP) is 1.42. The molecule has 0 bridgehead atoms. The Balaban J connectivity index is 2.65. The van der Waals surface area contributed by atoms with E-state index in [1.54, 1.807) is 56.6 Å². The van der Waals surface area contributed by atoms with Gasteiger partial charge in [0.25, 0.3) is 5.91 Å². The lowest BCUT2D eigenvalue weighted by atomic mass is 9.95. The molecule has 0 spiro atoms. The highest BCUT2D eigenvalue weighted by Crippen LogP contribution is 2.27. The minimum absolute atomic E-state index is 0.0755. The first kappa shape index (κ1) is 13.8. The fraction of sp³-hybridized carbons (Fsp3) is 0.125. The number of carboxylic acids is 1. The lowest BCUT2D eigenvalue weighted by molar-refractivity contribution is -0.254. The molecule has 0 radical (unpaired) electrons. The van der Waals surface area contributed by atoms with Gasteiger partial charge in [0.15, 0.2) is 0 Å². The van der Waals surface area contributed by atoms with E-state index in [1.807, 2.05) is 0 Å². The Morgan fingerprint density at radius 3 is 1.80 bits per heavy atom. The van der Waals surface area contributed by atoms with Crippen LogP contribution in [0, 0.1) is 0 Å². The second-order valence-corrected chi connectivity index (χ2v) is 4.58. The molecule has 0 N–H and O–H groups in total. The van der Waals surface area contributed by atoms with E-state index in [-0.39, 0.29) is 11.5 Å². The van der Waals surface area contributed by atoms with Crippen LogP contribution in [-0.2, 0) is 0 Å². The minimum Gasteiger partial charge on any atom is -0.545 e. The summed E-state index contributed by atoms with van der Waals surface area (Å²) >= 11 is 0. The fourth-order valence-corrected chi connectivity index (χ4v) is 2.04.